The van der Waals surface area contributed by atoms with E-state index in [1.165, 1.54) is 60.5 Å². The maximum Gasteiger partial charge on any atom is 0.119 e. The van der Waals surface area contributed by atoms with Crippen LogP contribution in [0.25, 0.3) is 0 Å². The van der Waals surface area contributed by atoms with Crippen LogP contribution in [0.2, 0.25) is 0 Å². The summed E-state index contributed by atoms with van der Waals surface area (Å²) in [7, 11) is 0. The van der Waals surface area contributed by atoms with Gasteiger partial charge in [-0.25, -0.2) is 0 Å². The zero-order chi connectivity index (χ0) is 25.3. The summed E-state index contributed by atoms with van der Waals surface area (Å²) >= 11 is 1.84. The Balaban J connectivity index is 0.000000185. The van der Waals surface area contributed by atoms with Crippen molar-refractivity contribution < 1.29 is 14.9 Å². The molecule has 190 valence electrons. The van der Waals surface area contributed by atoms with Gasteiger partial charge in [0.05, 0.1) is 0 Å². The highest BCUT2D eigenvalue weighted by atomic mass is 32.2. The van der Waals surface area contributed by atoms with E-state index in [1.54, 1.807) is 18.2 Å². The second-order valence-corrected chi connectivity index (χ2v) is 9.43. The van der Waals surface area contributed by atoms with E-state index in [0.717, 1.165) is 18.9 Å². The van der Waals surface area contributed by atoms with E-state index in [1.807, 2.05) is 87.1 Å². The highest BCUT2D eigenvalue weighted by molar-refractivity contribution is 7.99. The molecular weight excluding hydrogens is 454 g/mol. The maximum absolute atomic E-state index is 9.17. The smallest absolute Gasteiger partial charge is 0.119 e. The quantitative estimate of drug-likeness (QED) is 0.397. The van der Waals surface area contributed by atoms with Crippen molar-refractivity contribution in [3.05, 3.63) is 83.9 Å². The van der Waals surface area contributed by atoms with E-state index in [0.29, 0.717) is 11.5 Å². The van der Waals surface area contributed by atoms with Gasteiger partial charge in [-0.15, -0.1) is 11.8 Å². The molecule has 2 N–H and O–H groups in total. The van der Waals surface area contributed by atoms with E-state index >= 15 is 0 Å². The van der Waals surface area contributed by atoms with Crippen molar-refractivity contribution in [2.24, 2.45) is 0 Å². The Bertz CT molecular complexity index is 921. The molecule has 1 saturated heterocycles. The summed E-state index contributed by atoms with van der Waals surface area (Å²) in [6, 6.07) is 22.8. The first-order valence-electron chi connectivity index (χ1n) is 12.7. The molecule has 2 aliphatic rings. The number of phenols is 2. The molecule has 2 heterocycles. The number of rotatable bonds is 4. The van der Waals surface area contributed by atoms with Crippen molar-refractivity contribution in [3.8, 4) is 17.2 Å². The molecule has 0 aliphatic carbocycles. The van der Waals surface area contributed by atoms with Crippen molar-refractivity contribution in [1.29, 1.82) is 0 Å². The fourth-order valence-corrected chi connectivity index (χ4v) is 4.76. The van der Waals surface area contributed by atoms with Crippen molar-refractivity contribution in [1.82, 2.24) is 4.90 Å². The normalized spacial score (nSPS) is 14.1. The van der Waals surface area contributed by atoms with Gasteiger partial charge in [-0.1, -0.05) is 55.8 Å². The zero-order valence-corrected chi connectivity index (χ0v) is 22.3. The molecule has 0 amide bonds. The molecule has 0 atom stereocenters. The van der Waals surface area contributed by atoms with Crippen LogP contribution in [0.15, 0.2) is 77.7 Å². The van der Waals surface area contributed by atoms with Crippen LogP contribution in [-0.4, -0.2) is 47.1 Å². The van der Waals surface area contributed by atoms with Crippen molar-refractivity contribution in [2.75, 3.05) is 32.0 Å². The summed E-state index contributed by atoms with van der Waals surface area (Å²) < 4.78 is 5.63. The molecule has 0 unspecified atom stereocenters. The first kappa shape index (κ1) is 28.6. The van der Waals surface area contributed by atoms with Gasteiger partial charge in [0, 0.05) is 11.4 Å². The number of para-hydroxylation sites is 1. The molecule has 0 spiro atoms. The molecule has 2 aliphatic heterocycles. The second-order valence-electron chi connectivity index (χ2n) is 8.29. The Morgan fingerprint density at radius 2 is 1.49 bits per heavy atom. The molecule has 4 nitrogen and oxygen atoms in total. The number of phenolic OH excluding ortho intramolecular Hbond substituents is 2. The minimum Gasteiger partial charge on any atom is -0.508 e. The lowest BCUT2D eigenvalue weighted by atomic mass is 10.1. The van der Waals surface area contributed by atoms with Gasteiger partial charge in [0.1, 0.15) is 23.9 Å². The van der Waals surface area contributed by atoms with Gasteiger partial charge in [-0.05, 0) is 93.4 Å². The van der Waals surface area contributed by atoms with Crippen LogP contribution in [0, 0.1) is 6.92 Å². The Morgan fingerprint density at radius 3 is 2.14 bits per heavy atom. The predicted octanol–water partition coefficient (Wildman–Crippen LogP) is 7.32. The molecular formula is C30H41NO3S. The number of nitrogens with zero attached hydrogens (tertiary/aromatic N) is 1. The second kappa shape index (κ2) is 16.9. The molecule has 5 rings (SSSR count). The Morgan fingerprint density at radius 1 is 0.829 bits per heavy atom. The summed E-state index contributed by atoms with van der Waals surface area (Å²) in [5.41, 5.74) is 2.56. The average Bonchev–Trinajstić information content (AvgIpc) is 3.42. The Labute approximate surface area is 216 Å². The van der Waals surface area contributed by atoms with Crippen LogP contribution in [0.4, 0.5) is 0 Å². The SMILES string of the molecule is CC.Cc1ccc(O)cc1.Oc1ccc2c(c1)SCCC2.c1ccc(OCCN2CCCC2)cc1. The molecule has 0 radical (unpaired) electrons. The van der Waals surface area contributed by atoms with Crippen LogP contribution in [0.3, 0.4) is 0 Å². The largest absolute Gasteiger partial charge is 0.508 e. The number of ether oxygens (including phenoxy) is 1. The van der Waals surface area contributed by atoms with Crippen LogP contribution in [-0.2, 0) is 6.42 Å². The first-order chi connectivity index (χ1) is 17.1. The fraction of sp³-hybridized carbons (Fsp3) is 0.400. The molecule has 5 heteroatoms. The standard InChI is InChI=1S/C12H17NO.C9H10OS.C7H8O.C2H6/c1-2-6-12(7-3-1)14-11-10-13-8-4-5-9-13;10-8-4-3-7-2-1-5-11-9(7)6-8;1-6-2-4-7(8)5-3-6;1-2/h1-3,6-7H,4-5,8-11H2;3-4,6,10H,1-2,5H2;2-5,8H,1H3;1-2H3. The molecule has 0 bridgehead atoms. The summed E-state index contributed by atoms with van der Waals surface area (Å²) in [4.78, 5) is 3.72. The highest BCUT2D eigenvalue weighted by Gasteiger charge is 2.10. The number of hydrogen-bond donors (Lipinski definition) is 2. The Kier molecular flexibility index (Phi) is 13.8. The maximum atomic E-state index is 9.17. The number of likely N-dealkylation sites (tertiary alicyclic amines) is 1. The van der Waals surface area contributed by atoms with E-state index in [9.17, 15) is 5.11 Å². The lowest BCUT2D eigenvalue weighted by molar-refractivity contribution is 0.238. The monoisotopic (exact) mass is 495 g/mol. The minimum absolute atomic E-state index is 0.329. The third-order valence-corrected chi connectivity index (χ3v) is 6.73. The number of hydrogen-bond acceptors (Lipinski definition) is 5. The number of aryl methyl sites for hydroxylation is 2. The van der Waals surface area contributed by atoms with Gasteiger partial charge in [-0.3, -0.25) is 4.90 Å². The zero-order valence-electron chi connectivity index (χ0n) is 21.5. The van der Waals surface area contributed by atoms with Crippen LogP contribution >= 0.6 is 11.8 Å². The predicted molar refractivity (Wildman–Crippen MR) is 149 cm³/mol. The average molecular weight is 496 g/mol. The van der Waals surface area contributed by atoms with E-state index in [2.05, 4.69) is 4.90 Å². The molecule has 3 aromatic carbocycles. The van der Waals surface area contributed by atoms with E-state index in [-0.39, 0.29) is 0 Å². The van der Waals surface area contributed by atoms with Crippen LogP contribution in [0.5, 0.6) is 17.2 Å². The molecule has 0 saturated carbocycles. The lowest BCUT2D eigenvalue weighted by Gasteiger charge is -2.14. The molecule has 0 aromatic heterocycles. The fourth-order valence-electron chi connectivity index (χ4n) is 3.69. The van der Waals surface area contributed by atoms with Gasteiger partial charge in [0.25, 0.3) is 0 Å². The molecule has 1 fully saturated rings. The van der Waals surface area contributed by atoms with E-state index in [4.69, 9.17) is 9.84 Å². The van der Waals surface area contributed by atoms with Crippen molar-refractivity contribution >= 4 is 11.8 Å². The van der Waals surface area contributed by atoms with Crippen molar-refractivity contribution in [3.63, 3.8) is 0 Å². The molecule has 35 heavy (non-hydrogen) atoms. The van der Waals surface area contributed by atoms with Crippen LogP contribution in [0.1, 0.15) is 44.2 Å². The van der Waals surface area contributed by atoms with E-state index < -0.39 is 0 Å². The lowest BCUT2D eigenvalue weighted by Crippen LogP contribution is -2.25. The highest BCUT2D eigenvalue weighted by Crippen LogP contribution is 2.32. The summed E-state index contributed by atoms with van der Waals surface area (Å²) in [5.74, 6) is 2.89. The number of thioether (sulfide) groups is 1. The number of aromatic hydroxyl groups is 2. The number of benzene rings is 3. The minimum atomic E-state index is 0.329. The topological polar surface area (TPSA) is 52.9 Å². The molecule has 3 aromatic rings. The van der Waals surface area contributed by atoms with Gasteiger partial charge >= 0.3 is 0 Å². The Hall–Kier alpha value is -2.63. The summed E-state index contributed by atoms with van der Waals surface area (Å²) in [6.07, 6.45) is 5.14. The summed E-state index contributed by atoms with van der Waals surface area (Å²) in [5, 5.41) is 17.9. The van der Waals surface area contributed by atoms with Crippen molar-refractivity contribution in [2.45, 2.75) is 51.3 Å². The third-order valence-electron chi connectivity index (χ3n) is 5.55. The van der Waals surface area contributed by atoms with Gasteiger partial charge in [-0.2, -0.15) is 0 Å². The van der Waals surface area contributed by atoms with Gasteiger partial charge < -0.3 is 14.9 Å². The van der Waals surface area contributed by atoms with Gasteiger partial charge in [0.15, 0.2) is 0 Å². The van der Waals surface area contributed by atoms with Crippen LogP contribution < -0.4 is 4.74 Å². The number of fused-ring (bicyclic) bond motifs is 1. The van der Waals surface area contributed by atoms with Gasteiger partial charge in [0.2, 0.25) is 0 Å². The third kappa shape index (κ3) is 11.6. The summed E-state index contributed by atoms with van der Waals surface area (Å²) in [6.45, 7) is 10.4. The first-order valence-corrected chi connectivity index (χ1v) is 13.7.